The van der Waals surface area contributed by atoms with Gasteiger partial charge in [-0.15, -0.1) is 0 Å². The van der Waals surface area contributed by atoms with E-state index in [1.807, 2.05) is 36.4 Å². The molecule has 5 rings (SSSR count). The number of rotatable bonds is 4. The smallest absolute Gasteiger partial charge is 0.409 e. The molecular weight excluding hydrogens is 404 g/mol. The number of likely N-dealkylation sites (tertiary alicyclic amines) is 1. The van der Waals surface area contributed by atoms with Crippen molar-refractivity contribution in [3.05, 3.63) is 99.6 Å². The van der Waals surface area contributed by atoms with Crippen LogP contribution in [0.2, 0.25) is 0 Å². The zero-order valence-corrected chi connectivity index (χ0v) is 17.6. The van der Waals surface area contributed by atoms with E-state index in [-0.39, 0.29) is 22.6 Å². The van der Waals surface area contributed by atoms with Gasteiger partial charge in [-0.1, -0.05) is 60.7 Å². The molecule has 3 aromatic rings. The van der Waals surface area contributed by atoms with Crippen LogP contribution in [0.15, 0.2) is 72.8 Å². The molecule has 1 heterocycles. The average molecular weight is 428 g/mol. The highest BCUT2D eigenvalue weighted by atomic mass is 16.6. The Morgan fingerprint density at radius 3 is 2.03 bits per heavy atom. The fourth-order valence-corrected chi connectivity index (χ4v) is 4.95. The minimum Gasteiger partial charge on any atom is -0.448 e. The Kier molecular flexibility index (Phi) is 5.35. The first-order valence-electron chi connectivity index (χ1n) is 11.0. The summed E-state index contributed by atoms with van der Waals surface area (Å²) >= 11 is 0. The molecule has 6 heteroatoms. The molecule has 0 aromatic heterocycles. The number of nitro benzene ring substituents is 1. The van der Waals surface area contributed by atoms with E-state index in [0.29, 0.717) is 25.6 Å². The third kappa shape index (κ3) is 3.73. The summed E-state index contributed by atoms with van der Waals surface area (Å²) in [5, 5.41) is 10.8. The maximum absolute atomic E-state index is 12.8. The van der Waals surface area contributed by atoms with Crippen molar-refractivity contribution in [2.75, 3.05) is 19.7 Å². The molecule has 1 aliphatic heterocycles. The van der Waals surface area contributed by atoms with Gasteiger partial charge in [0, 0.05) is 31.1 Å². The number of fused-ring (bicyclic) bond motifs is 3. The molecule has 0 atom stereocenters. The predicted octanol–water partition coefficient (Wildman–Crippen LogP) is 5.72. The number of ether oxygens (including phenoxy) is 1. The third-order valence-corrected chi connectivity index (χ3v) is 6.66. The van der Waals surface area contributed by atoms with Gasteiger partial charge in [0.05, 0.1) is 4.92 Å². The van der Waals surface area contributed by atoms with Gasteiger partial charge in [0.2, 0.25) is 0 Å². The predicted molar refractivity (Wildman–Crippen MR) is 122 cm³/mol. The molecule has 1 amide bonds. The Bertz CT molecular complexity index is 1100. The Hall–Kier alpha value is -3.67. The van der Waals surface area contributed by atoms with Crippen LogP contribution in [-0.2, 0) is 4.74 Å². The summed E-state index contributed by atoms with van der Waals surface area (Å²) in [6.07, 6.45) is 1.37. The number of hydrogen-bond donors (Lipinski definition) is 0. The van der Waals surface area contributed by atoms with Gasteiger partial charge in [-0.2, -0.15) is 0 Å². The fraction of sp³-hybridized carbons (Fsp3) is 0.269. The lowest BCUT2D eigenvalue weighted by molar-refractivity contribution is -0.384. The topological polar surface area (TPSA) is 72.7 Å². The minimum absolute atomic E-state index is 0.0593. The highest BCUT2D eigenvalue weighted by Crippen LogP contribution is 2.44. The molecule has 32 heavy (non-hydrogen) atoms. The summed E-state index contributed by atoms with van der Waals surface area (Å²) in [4.78, 5) is 25.0. The van der Waals surface area contributed by atoms with Crippen LogP contribution in [0.3, 0.4) is 0 Å². The average Bonchev–Trinajstić information content (AvgIpc) is 3.16. The van der Waals surface area contributed by atoms with Crippen molar-refractivity contribution in [1.29, 1.82) is 0 Å². The third-order valence-electron chi connectivity index (χ3n) is 6.66. The minimum atomic E-state index is -0.385. The van der Waals surface area contributed by atoms with Crippen LogP contribution in [0.25, 0.3) is 11.1 Å². The maximum atomic E-state index is 12.8. The first-order valence-corrected chi connectivity index (χ1v) is 11.0. The van der Waals surface area contributed by atoms with Crippen molar-refractivity contribution in [2.24, 2.45) is 0 Å². The molecule has 6 nitrogen and oxygen atoms in total. The second-order valence-corrected chi connectivity index (χ2v) is 8.41. The molecule has 1 aliphatic carbocycles. The highest BCUT2D eigenvalue weighted by Gasteiger charge is 2.30. The molecule has 0 bridgehead atoms. The van der Waals surface area contributed by atoms with Crippen molar-refractivity contribution in [2.45, 2.75) is 24.7 Å². The first-order chi connectivity index (χ1) is 15.6. The standard InChI is InChI=1S/C26H24N2O4/c29-26(27-15-13-19(14-16-27)18-9-11-20(12-10-18)28(30)31)32-17-25-23-7-3-1-5-21(23)22-6-2-4-8-24(22)25/h1-12,19,25H,13-17H2. The number of hydrogen-bond acceptors (Lipinski definition) is 4. The molecule has 0 N–H and O–H groups in total. The zero-order chi connectivity index (χ0) is 22.1. The summed E-state index contributed by atoms with van der Waals surface area (Å²) in [7, 11) is 0. The van der Waals surface area contributed by atoms with Crippen molar-refractivity contribution in [3.8, 4) is 11.1 Å². The van der Waals surface area contributed by atoms with Crippen LogP contribution in [0.5, 0.6) is 0 Å². The van der Waals surface area contributed by atoms with Gasteiger partial charge in [-0.3, -0.25) is 10.1 Å². The van der Waals surface area contributed by atoms with Crippen LogP contribution >= 0.6 is 0 Å². The SMILES string of the molecule is O=C(OCC1c2ccccc2-c2ccccc21)N1CCC(c2ccc([N+](=O)[O-])cc2)CC1. The number of piperidine rings is 1. The number of benzene rings is 3. The van der Waals surface area contributed by atoms with E-state index >= 15 is 0 Å². The molecule has 0 saturated carbocycles. The first kappa shape index (κ1) is 20.2. The number of carbonyl (C=O) groups is 1. The van der Waals surface area contributed by atoms with E-state index in [1.54, 1.807) is 17.0 Å². The van der Waals surface area contributed by atoms with Crippen LogP contribution in [0.4, 0.5) is 10.5 Å². The van der Waals surface area contributed by atoms with Gasteiger partial charge in [0.1, 0.15) is 6.61 Å². The number of nitro groups is 1. The van der Waals surface area contributed by atoms with Gasteiger partial charge in [0.15, 0.2) is 0 Å². The Morgan fingerprint density at radius 2 is 1.47 bits per heavy atom. The molecule has 0 unspecified atom stereocenters. The maximum Gasteiger partial charge on any atom is 0.409 e. The van der Waals surface area contributed by atoms with Gasteiger partial charge in [-0.05, 0) is 46.6 Å². The van der Waals surface area contributed by atoms with Crippen LogP contribution in [0, 0.1) is 10.1 Å². The Morgan fingerprint density at radius 1 is 0.906 bits per heavy atom. The van der Waals surface area contributed by atoms with E-state index < -0.39 is 0 Å². The number of nitrogens with zero attached hydrogens (tertiary/aromatic N) is 2. The lowest BCUT2D eigenvalue weighted by atomic mass is 9.89. The van der Waals surface area contributed by atoms with Gasteiger partial charge < -0.3 is 9.64 Å². The van der Waals surface area contributed by atoms with Gasteiger partial charge in [0.25, 0.3) is 5.69 Å². The van der Waals surface area contributed by atoms with E-state index in [4.69, 9.17) is 4.74 Å². The molecule has 1 saturated heterocycles. The van der Waals surface area contributed by atoms with Crippen molar-refractivity contribution in [1.82, 2.24) is 4.90 Å². The van der Waals surface area contributed by atoms with E-state index in [9.17, 15) is 14.9 Å². The van der Waals surface area contributed by atoms with Gasteiger partial charge in [-0.25, -0.2) is 4.79 Å². The summed E-state index contributed by atoms with van der Waals surface area (Å²) < 4.78 is 5.77. The van der Waals surface area contributed by atoms with Crippen molar-refractivity contribution in [3.63, 3.8) is 0 Å². The number of carbonyl (C=O) groups excluding carboxylic acids is 1. The molecule has 1 fully saturated rings. The van der Waals surface area contributed by atoms with E-state index in [0.717, 1.165) is 18.4 Å². The van der Waals surface area contributed by atoms with Crippen LogP contribution < -0.4 is 0 Å². The fourth-order valence-electron chi connectivity index (χ4n) is 4.95. The van der Waals surface area contributed by atoms with Crippen molar-refractivity contribution < 1.29 is 14.5 Å². The highest BCUT2D eigenvalue weighted by molar-refractivity contribution is 5.79. The molecule has 0 spiro atoms. The molecule has 3 aromatic carbocycles. The summed E-state index contributed by atoms with van der Waals surface area (Å²) in [5.74, 6) is 0.359. The quantitative estimate of drug-likeness (QED) is 0.393. The zero-order valence-electron chi connectivity index (χ0n) is 17.6. The largest absolute Gasteiger partial charge is 0.448 e. The molecule has 0 radical (unpaired) electrons. The summed E-state index contributed by atoms with van der Waals surface area (Å²) in [5.41, 5.74) is 6.03. The Labute approximate surface area is 186 Å². The lowest BCUT2D eigenvalue weighted by Gasteiger charge is -2.31. The molecular formula is C26H24N2O4. The molecule has 2 aliphatic rings. The van der Waals surface area contributed by atoms with Crippen LogP contribution in [0.1, 0.15) is 41.4 Å². The lowest BCUT2D eigenvalue weighted by Crippen LogP contribution is -2.38. The second-order valence-electron chi connectivity index (χ2n) is 8.41. The molecule has 162 valence electrons. The summed E-state index contributed by atoms with van der Waals surface area (Å²) in [6.45, 7) is 1.58. The monoisotopic (exact) mass is 428 g/mol. The second kappa shape index (κ2) is 8.46. The Balaban J connectivity index is 1.20. The van der Waals surface area contributed by atoms with Crippen molar-refractivity contribution >= 4 is 11.8 Å². The van der Waals surface area contributed by atoms with Crippen LogP contribution in [-0.4, -0.2) is 35.6 Å². The normalized spacial score (nSPS) is 15.8. The van der Waals surface area contributed by atoms with Gasteiger partial charge >= 0.3 is 6.09 Å². The number of non-ortho nitro benzene ring substituents is 1. The number of amides is 1. The van der Waals surface area contributed by atoms with E-state index in [1.165, 1.54) is 22.3 Å². The van der Waals surface area contributed by atoms with E-state index in [2.05, 4.69) is 24.3 Å². The summed E-state index contributed by atoms with van der Waals surface area (Å²) in [6, 6.07) is 23.4.